The summed E-state index contributed by atoms with van der Waals surface area (Å²) in [5.41, 5.74) is 8.87. The van der Waals surface area contributed by atoms with Gasteiger partial charge in [0.1, 0.15) is 0 Å². The first kappa shape index (κ1) is 12.1. The van der Waals surface area contributed by atoms with Crippen molar-refractivity contribution in [3.05, 3.63) is 33.8 Å². The van der Waals surface area contributed by atoms with Gasteiger partial charge in [-0.1, -0.05) is 22.0 Å². The van der Waals surface area contributed by atoms with Gasteiger partial charge in [-0.25, -0.2) is 0 Å². The Labute approximate surface area is 106 Å². The lowest BCUT2D eigenvalue weighted by atomic mass is 9.92. The molecule has 0 amide bonds. The molecule has 2 rings (SSSR count). The number of hydrogen-bond acceptors (Lipinski definition) is 2. The van der Waals surface area contributed by atoms with Crippen molar-refractivity contribution in [1.29, 1.82) is 0 Å². The Morgan fingerprint density at radius 2 is 2.38 bits per heavy atom. The molecule has 1 aromatic rings. The highest BCUT2D eigenvalue weighted by Gasteiger charge is 2.19. The first-order valence-electron chi connectivity index (χ1n) is 5.89. The number of nitrogens with two attached hydrogens (primary N) is 1. The van der Waals surface area contributed by atoms with Crippen LogP contribution < -0.4 is 11.1 Å². The molecule has 0 spiro atoms. The van der Waals surface area contributed by atoms with Gasteiger partial charge in [0.25, 0.3) is 0 Å². The quantitative estimate of drug-likeness (QED) is 0.895. The molecule has 16 heavy (non-hydrogen) atoms. The molecule has 0 radical (unpaired) electrons. The maximum absolute atomic E-state index is 6.30. The highest BCUT2D eigenvalue weighted by molar-refractivity contribution is 9.10. The molecule has 1 aliphatic rings. The van der Waals surface area contributed by atoms with Crippen LogP contribution in [0.3, 0.4) is 0 Å². The summed E-state index contributed by atoms with van der Waals surface area (Å²) in [4.78, 5) is 0. The molecule has 2 unspecified atom stereocenters. The van der Waals surface area contributed by atoms with E-state index in [1.165, 1.54) is 17.5 Å². The van der Waals surface area contributed by atoms with Gasteiger partial charge in [-0.2, -0.15) is 0 Å². The van der Waals surface area contributed by atoms with E-state index in [4.69, 9.17) is 5.73 Å². The van der Waals surface area contributed by atoms with Crippen LogP contribution in [0.15, 0.2) is 22.7 Å². The number of benzene rings is 1. The maximum atomic E-state index is 6.30. The molecule has 1 saturated heterocycles. The fourth-order valence-electron chi connectivity index (χ4n) is 2.41. The molecule has 1 aromatic carbocycles. The molecule has 2 nitrogen and oxygen atoms in total. The van der Waals surface area contributed by atoms with Crippen LogP contribution in [0.1, 0.15) is 30.0 Å². The van der Waals surface area contributed by atoms with E-state index in [0.717, 1.165) is 29.9 Å². The minimum atomic E-state index is 0.169. The summed E-state index contributed by atoms with van der Waals surface area (Å²) in [7, 11) is 0. The van der Waals surface area contributed by atoms with Crippen LogP contribution in [0, 0.1) is 12.8 Å². The summed E-state index contributed by atoms with van der Waals surface area (Å²) >= 11 is 3.51. The molecular formula is C13H19BrN2. The van der Waals surface area contributed by atoms with E-state index in [9.17, 15) is 0 Å². The molecule has 2 atom stereocenters. The predicted molar refractivity (Wildman–Crippen MR) is 71.4 cm³/mol. The summed E-state index contributed by atoms with van der Waals surface area (Å²) in [6.07, 6.45) is 2.35. The van der Waals surface area contributed by atoms with Gasteiger partial charge in [-0.3, -0.25) is 0 Å². The topological polar surface area (TPSA) is 38.0 Å². The minimum absolute atomic E-state index is 0.169. The molecule has 88 valence electrons. The third-order valence-electron chi connectivity index (χ3n) is 3.39. The van der Waals surface area contributed by atoms with Crippen LogP contribution in [0.25, 0.3) is 0 Å². The van der Waals surface area contributed by atoms with Crippen molar-refractivity contribution in [2.45, 2.75) is 25.8 Å². The second kappa shape index (κ2) is 5.30. The number of nitrogens with one attached hydrogen (secondary N) is 1. The lowest BCUT2D eigenvalue weighted by Crippen LogP contribution is -2.18. The van der Waals surface area contributed by atoms with Gasteiger partial charge in [0.2, 0.25) is 0 Å². The Kier molecular flexibility index (Phi) is 4.00. The van der Waals surface area contributed by atoms with Crippen molar-refractivity contribution in [3.8, 4) is 0 Å². The fourth-order valence-corrected chi connectivity index (χ4v) is 2.79. The van der Waals surface area contributed by atoms with E-state index in [-0.39, 0.29) is 6.04 Å². The molecule has 1 fully saturated rings. The molecule has 0 aromatic heterocycles. The van der Waals surface area contributed by atoms with Crippen molar-refractivity contribution in [2.24, 2.45) is 11.7 Å². The molecule has 0 aliphatic carbocycles. The Morgan fingerprint density at radius 1 is 1.56 bits per heavy atom. The van der Waals surface area contributed by atoms with Gasteiger partial charge in [-0.15, -0.1) is 0 Å². The van der Waals surface area contributed by atoms with Gasteiger partial charge in [0, 0.05) is 10.5 Å². The van der Waals surface area contributed by atoms with Gasteiger partial charge in [-0.05, 0) is 62.0 Å². The highest BCUT2D eigenvalue weighted by atomic mass is 79.9. The largest absolute Gasteiger partial charge is 0.324 e. The average Bonchev–Trinajstić information content (AvgIpc) is 2.74. The van der Waals surface area contributed by atoms with Crippen molar-refractivity contribution >= 4 is 15.9 Å². The molecule has 3 heteroatoms. The highest BCUT2D eigenvalue weighted by Crippen LogP contribution is 2.27. The molecule has 1 aliphatic heterocycles. The Bertz CT molecular complexity index is 359. The molecule has 3 N–H and O–H groups in total. The second-order valence-corrected chi connectivity index (χ2v) is 5.62. The van der Waals surface area contributed by atoms with E-state index in [0.29, 0.717) is 0 Å². The molecule has 1 heterocycles. The second-order valence-electron chi connectivity index (χ2n) is 4.70. The number of hydrogen-bond donors (Lipinski definition) is 2. The SMILES string of the molecule is Cc1ccc(Br)cc1C(N)CC1CCNC1. The average molecular weight is 283 g/mol. The zero-order valence-electron chi connectivity index (χ0n) is 9.67. The van der Waals surface area contributed by atoms with Crippen LogP contribution in [0.5, 0.6) is 0 Å². The van der Waals surface area contributed by atoms with Gasteiger partial charge >= 0.3 is 0 Å². The van der Waals surface area contributed by atoms with Gasteiger partial charge < -0.3 is 11.1 Å². The lowest BCUT2D eigenvalue weighted by Gasteiger charge is -2.18. The first-order chi connectivity index (χ1) is 7.66. The summed E-state index contributed by atoms with van der Waals surface area (Å²) in [5.74, 6) is 0.744. The van der Waals surface area contributed by atoms with E-state index >= 15 is 0 Å². The predicted octanol–water partition coefficient (Wildman–Crippen LogP) is 2.76. The third kappa shape index (κ3) is 2.84. The van der Waals surface area contributed by atoms with E-state index in [1.807, 2.05) is 0 Å². The monoisotopic (exact) mass is 282 g/mol. The standard InChI is InChI=1S/C13H19BrN2/c1-9-2-3-11(14)7-12(9)13(15)6-10-4-5-16-8-10/h2-3,7,10,13,16H,4-6,8,15H2,1H3. The zero-order valence-corrected chi connectivity index (χ0v) is 11.3. The lowest BCUT2D eigenvalue weighted by molar-refractivity contribution is 0.472. The Morgan fingerprint density at radius 3 is 3.06 bits per heavy atom. The molecule has 0 saturated carbocycles. The van der Waals surface area contributed by atoms with Crippen molar-refractivity contribution in [3.63, 3.8) is 0 Å². The number of rotatable bonds is 3. The molecule has 0 bridgehead atoms. The maximum Gasteiger partial charge on any atom is 0.0301 e. The van der Waals surface area contributed by atoms with Crippen molar-refractivity contribution in [2.75, 3.05) is 13.1 Å². The molecular weight excluding hydrogens is 264 g/mol. The summed E-state index contributed by atoms with van der Waals surface area (Å²) < 4.78 is 1.12. The Hall–Kier alpha value is -0.380. The number of halogens is 1. The smallest absolute Gasteiger partial charge is 0.0301 e. The van der Waals surface area contributed by atoms with Crippen LogP contribution in [0.2, 0.25) is 0 Å². The third-order valence-corrected chi connectivity index (χ3v) is 3.88. The zero-order chi connectivity index (χ0) is 11.5. The van der Waals surface area contributed by atoms with Crippen molar-refractivity contribution < 1.29 is 0 Å². The number of aryl methyl sites for hydroxylation is 1. The summed E-state index contributed by atoms with van der Waals surface area (Å²) in [6, 6.07) is 6.53. The van der Waals surface area contributed by atoms with Crippen LogP contribution >= 0.6 is 15.9 Å². The van der Waals surface area contributed by atoms with E-state index < -0.39 is 0 Å². The van der Waals surface area contributed by atoms with Crippen LogP contribution in [-0.4, -0.2) is 13.1 Å². The van der Waals surface area contributed by atoms with Gasteiger partial charge in [0.15, 0.2) is 0 Å². The fraction of sp³-hybridized carbons (Fsp3) is 0.538. The minimum Gasteiger partial charge on any atom is -0.324 e. The normalized spacial score (nSPS) is 22.3. The summed E-state index contributed by atoms with van der Waals surface area (Å²) in [5, 5.41) is 3.39. The van der Waals surface area contributed by atoms with E-state index in [1.54, 1.807) is 0 Å². The van der Waals surface area contributed by atoms with E-state index in [2.05, 4.69) is 46.4 Å². The van der Waals surface area contributed by atoms with Crippen LogP contribution in [0.4, 0.5) is 0 Å². The summed E-state index contributed by atoms with van der Waals surface area (Å²) in [6.45, 7) is 4.41. The Balaban J connectivity index is 2.07. The first-order valence-corrected chi connectivity index (χ1v) is 6.68. The van der Waals surface area contributed by atoms with Gasteiger partial charge in [0.05, 0.1) is 0 Å². The van der Waals surface area contributed by atoms with Crippen molar-refractivity contribution in [1.82, 2.24) is 5.32 Å². The van der Waals surface area contributed by atoms with Crippen LogP contribution in [-0.2, 0) is 0 Å².